The number of aryl methyl sites for hydroxylation is 2. The van der Waals surface area contributed by atoms with Gasteiger partial charge >= 0.3 is 6.09 Å². The van der Waals surface area contributed by atoms with Gasteiger partial charge in [0.05, 0.1) is 11.9 Å². The summed E-state index contributed by atoms with van der Waals surface area (Å²) < 4.78 is 5.40. The minimum Gasteiger partial charge on any atom is -0.445 e. The standard InChI is InChI=1S/C18H19Cl2N7O2S/c19-13-7-12(8-14(20)9-13)11-29-18(28)27-5-3-26(4-6-27)17-24-23-16(30-17)2-1-15-10-21-25-22-15/h7-10H,1-6,11H2,(H,21,22,25). The van der Waals surface area contributed by atoms with E-state index in [9.17, 15) is 4.79 Å². The van der Waals surface area contributed by atoms with Gasteiger partial charge in [-0.15, -0.1) is 10.2 Å². The van der Waals surface area contributed by atoms with Gasteiger partial charge < -0.3 is 14.5 Å². The monoisotopic (exact) mass is 467 g/mol. The smallest absolute Gasteiger partial charge is 0.410 e. The zero-order valence-corrected chi connectivity index (χ0v) is 18.3. The molecule has 12 heteroatoms. The van der Waals surface area contributed by atoms with Crippen molar-refractivity contribution in [3.63, 3.8) is 0 Å². The fourth-order valence-electron chi connectivity index (χ4n) is 3.07. The van der Waals surface area contributed by atoms with Crippen molar-refractivity contribution in [2.75, 3.05) is 31.1 Å². The SMILES string of the molecule is O=C(OCc1cc(Cl)cc(Cl)c1)N1CCN(c2nnc(CCc3cn[nH]n3)s2)CC1. The van der Waals surface area contributed by atoms with Crippen molar-refractivity contribution in [2.24, 2.45) is 0 Å². The van der Waals surface area contributed by atoms with Crippen LogP contribution in [0.2, 0.25) is 10.0 Å². The van der Waals surface area contributed by atoms with Crippen molar-refractivity contribution >= 4 is 45.8 Å². The zero-order chi connectivity index (χ0) is 20.9. The predicted molar refractivity (Wildman–Crippen MR) is 114 cm³/mol. The van der Waals surface area contributed by atoms with Crippen molar-refractivity contribution < 1.29 is 9.53 Å². The van der Waals surface area contributed by atoms with Gasteiger partial charge in [0.15, 0.2) is 0 Å². The van der Waals surface area contributed by atoms with Gasteiger partial charge in [-0.2, -0.15) is 15.4 Å². The summed E-state index contributed by atoms with van der Waals surface area (Å²) in [4.78, 5) is 16.2. The highest BCUT2D eigenvalue weighted by Gasteiger charge is 2.24. The number of piperazine rings is 1. The molecule has 1 aliphatic heterocycles. The van der Waals surface area contributed by atoms with E-state index in [4.69, 9.17) is 27.9 Å². The number of aromatic amines is 1. The van der Waals surface area contributed by atoms with Crippen LogP contribution in [0.4, 0.5) is 9.93 Å². The molecule has 9 nitrogen and oxygen atoms in total. The molecule has 30 heavy (non-hydrogen) atoms. The first-order chi connectivity index (χ1) is 14.6. The average molecular weight is 468 g/mol. The maximum absolute atomic E-state index is 12.4. The predicted octanol–water partition coefficient (Wildman–Crippen LogP) is 3.21. The summed E-state index contributed by atoms with van der Waals surface area (Å²) in [5.74, 6) is 0. The molecule has 3 heterocycles. The highest BCUT2D eigenvalue weighted by atomic mass is 35.5. The summed E-state index contributed by atoms with van der Waals surface area (Å²) in [7, 11) is 0. The number of hydrogen-bond acceptors (Lipinski definition) is 8. The number of benzene rings is 1. The number of carbonyl (C=O) groups is 1. The molecule has 2 aromatic heterocycles. The second kappa shape index (κ2) is 9.59. The van der Waals surface area contributed by atoms with Gasteiger partial charge in [-0.05, 0) is 30.2 Å². The van der Waals surface area contributed by atoms with E-state index in [1.54, 1.807) is 40.6 Å². The number of ether oxygens (including phenoxy) is 1. The molecule has 1 saturated heterocycles. The second-order valence-electron chi connectivity index (χ2n) is 6.75. The maximum atomic E-state index is 12.4. The molecule has 1 aromatic carbocycles. The number of rotatable bonds is 6. The summed E-state index contributed by atoms with van der Waals surface area (Å²) in [6, 6.07) is 5.10. The molecule has 3 aromatic rings. The fourth-order valence-corrected chi connectivity index (χ4v) is 4.53. The van der Waals surface area contributed by atoms with Crippen LogP contribution >= 0.6 is 34.5 Å². The van der Waals surface area contributed by atoms with Crippen LogP contribution < -0.4 is 4.90 Å². The van der Waals surface area contributed by atoms with Crippen molar-refractivity contribution in [2.45, 2.75) is 19.4 Å². The van der Waals surface area contributed by atoms with Crippen LogP contribution in [0, 0.1) is 0 Å². The van der Waals surface area contributed by atoms with Crippen molar-refractivity contribution in [3.05, 3.63) is 50.7 Å². The molecule has 0 saturated carbocycles. The summed E-state index contributed by atoms with van der Waals surface area (Å²) in [6.07, 6.45) is 2.89. The number of halogens is 2. The Hall–Kier alpha value is -2.43. The number of nitrogens with one attached hydrogen (secondary N) is 1. The lowest BCUT2D eigenvalue weighted by molar-refractivity contribution is 0.0942. The topological polar surface area (TPSA) is 100 Å². The lowest BCUT2D eigenvalue weighted by atomic mass is 10.2. The number of amides is 1. The summed E-state index contributed by atoms with van der Waals surface area (Å²) >= 11 is 13.5. The Bertz CT molecular complexity index is 970. The van der Waals surface area contributed by atoms with Crippen LogP contribution in [0.15, 0.2) is 24.4 Å². The normalized spacial score (nSPS) is 14.2. The van der Waals surface area contributed by atoms with Gasteiger partial charge in [0.2, 0.25) is 5.13 Å². The Kier molecular flexibility index (Phi) is 6.66. The van der Waals surface area contributed by atoms with E-state index in [0.717, 1.165) is 34.2 Å². The van der Waals surface area contributed by atoms with E-state index in [-0.39, 0.29) is 12.7 Å². The van der Waals surface area contributed by atoms with Crippen LogP contribution in [0.5, 0.6) is 0 Å². The van der Waals surface area contributed by atoms with Gasteiger partial charge in [-0.25, -0.2) is 4.79 Å². The summed E-state index contributed by atoms with van der Waals surface area (Å²) in [5.41, 5.74) is 1.66. The van der Waals surface area contributed by atoms with Crippen molar-refractivity contribution in [1.29, 1.82) is 0 Å². The maximum Gasteiger partial charge on any atom is 0.410 e. The van der Waals surface area contributed by atoms with Gasteiger partial charge in [-0.3, -0.25) is 0 Å². The first-order valence-electron chi connectivity index (χ1n) is 9.35. The molecule has 0 atom stereocenters. The molecular weight excluding hydrogens is 449 g/mol. The number of nitrogens with zero attached hydrogens (tertiary/aromatic N) is 6. The molecule has 0 spiro atoms. The van der Waals surface area contributed by atoms with E-state index in [0.29, 0.717) is 36.2 Å². The molecule has 1 aliphatic rings. The molecule has 0 aliphatic carbocycles. The van der Waals surface area contributed by atoms with E-state index in [2.05, 4.69) is 30.5 Å². The van der Waals surface area contributed by atoms with Crippen molar-refractivity contribution in [3.8, 4) is 0 Å². The third-order valence-electron chi connectivity index (χ3n) is 4.61. The average Bonchev–Trinajstić information content (AvgIpc) is 3.42. The Morgan fingerprint density at radius 3 is 2.57 bits per heavy atom. The highest BCUT2D eigenvalue weighted by Crippen LogP contribution is 2.23. The minimum atomic E-state index is -0.351. The van der Waals surface area contributed by atoms with E-state index in [1.165, 1.54) is 0 Å². The number of aromatic nitrogens is 5. The molecule has 0 unspecified atom stereocenters. The summed E-state index contributed by atoms with van der Waals surface area (Å²) in [6.45, 7) is 2.60. The third-order valence-corrected chi connectivity index (χ3v) is 6.09. The largest absolute Gasteiger partial charge is 0.445 e. The van der Waals surface area contributed by atoms with Crippen molar-refractivity contribution in [1.82, 2.24) is 30.5 Å². The second-order valence-corrected chi connectivity index (χ2v) is 8.66. The van der Waals surface area contributed by atoms with Crippen LogP contribution in [0.25, 0.3) is 0 Å². The van der Waals surface area contributed by atoms with Gasteiger partial charge in [-0.1, -0.05) is 34.5 Å². The molecule has 158 valence electrons. The Morgan fingerprint density at radius 2 is 1.87 bits per heavy atom. The fraction of sp³-hybridized carbons (Fsp3) is 0.389. The Labute approximate surface area is 186 Å². The number of hydrogen-bond donors (Lipinski definition) is 1. The lowest BCUT2D eigenvalue weighted by Gasteiger charge is -2.33. The number of carbonyl (C=O) groups excluding carboxylic acids is 1. The first-order valence-corrected chi connectivity index (χ1v) is 10.9. The zero-order valence-electron chi connectivity index (χ0n) is 15.9. The molecule has 4 rings (SSSR count). The highest BCUT2D eigenvalue weighted by molar-refractivity contribution is 7.15. The number of H-pyrrole nitrogens is 1. The first kappa shape index (κ1) is 20.8. The molecule has 0 bridgehead atoms. The van der Waals surface area contributed by atoms with Gasteiger partial charge in [0.1, 0.15) is 11.6 Å². The van der Waals surface area contributed by atoms with Gasteiger partial charge in [0, 0.05) is 42.6 Å². The van der Waals surface area contributed by atoms with E-state index in [1.807, 2.05) is 0 Å². The molecular formula is C18H19Cl2N7O2S. The lowest BCUT2D eigenvalue weighted by Crippen LogP contribution is -2.48. The quantitative estimate of drug-likeness (QED) is 0.593. The molecule has 1 amide bonds. The van der Waals surface area contributed by atoms with Crippen LogP contribution in [0.3, 0.4) is 0 Å². The molecule has 1 N–H and O–H groups in total. The Morgan fingerprint density at radius 1 is 1.10 bits per heavy atom. The van der Waals surface area contributed by atoms with Gasteiger partial charge in [0.25, 0.3) is 0 Å². The molecule has 1 fully saturated rings. The third kappa shape index (κ3) is 5.38. The van der Waals surface area contributed by atoms with E-state index < -0.39 is 0 Å². The van der Waals surface area contributed by atoms with Crippen LogP contribution in [-0.4, -0.2) is 62.8 Å². The summed E-state index contributed by atoms with van der Waals surface area (Å²) in [5, 5.41) is 21.9. The molecule has 0 radical (unpaired) electrons. The minimum absolute atomic E-state index is 0.130. The Balaban J connectivity index is 1.24. The number of anilines is 1. The van der Waals surface area contributed by atoms with Crippen LogP contribution in [-0.2, 0) is 24.2 Å². The van der Waals surface area contributed by atoms with E-state index >= 15 is 0 Å². The van der Waals surface area contributed by atoms with Crippen LogP contribution in [0.1, 0.15) is 16.3 Å².